The molecule has 0 aromatic rings. The number of piperazine rings is 1. The number of nitrogens with two attached hydrogens (primary N) is 1. The van der Waals surface area contributed by atoms with Crippen LogP contribution in [0.2, 0.25) is 0 Å². The van der Waals surface area contributed by atoms with Gasteiger partial charge in [-0.25, -0.2) is 0 Å². The first-order valence-electron chi connectivity index (χ1n) is 8.06. The van der Waals surface area contributed by atoms with E-state index in [1.165, 1.54) is 45.2 Å². The number of nitrogens with zero attached hydrogens (tertiary/aromatic N) is 2. The summed E-state index contributed by atoms with van der Waals surface area (Å²) in [5, 5.41) is 0. The van der Waals surface area contributed by atoms with Crippen LogP contribution >= 0.6 is 0 Å². The first-order chi connectivity index (χ1) is 8.89. The molecule has 3 nitrogen and oxygen atoms in total. The fraction of sp³-hybridized carbons (Fsp3) is 1.00. The summed E-state index contributed by atoms with van der Waals surface area (Å²) in [6, 6.07) is 0. The molecule has 0 radical (unpaired) electrons. The van der Waals surface area contributed by atoms with Crippen molar-refractivity contribution < 1.29 is 0 Å². The normalized spacial score (nSPS) is 38.1. The van der Waals surface area contributed by atoms with Crippen molar-refractivity contribution in [2.75, 3.05) is 33.2 Å². The summed E-state index contributed by atoms with van der Waals surface area (Å²) in [7, 11) is 2.25. The van der Waals surface area contributed by atoms with Crippen LogP contribution in [0.25, 0.3) is 0 Å². The van der Waals surface area contributed by atoms with Crippen molar-refractivity contribution in [3.63, 3.8) is 0 Å². The second-order valence-electron chi connectivity index (χ2n) is 7.62. The van der Waals surface area contributed by atoms with Gasteiger partial charge in [0.2, 0.25) is 0 Å². The van der Waals surface area contributed by atoms with Crippen molar-refractivity contribution in [2.24, 2.45) is 11.7 Å². The minimum Gasteiger partial charge on any atom is -0.329 e. The molecule has 2 aliphatic rings. The third-order valence-electron chi connectivity index (χ3n) is 5.81. The number of likely N-dealkylation sites (N-methyl/N-ethyl adjacent to an activating group) is 1. The summed E-state index contributed by atoms with van der Waals surface area (Å²) in [6.07, 6.45) is 6.69. The second-order valence-corrected chi connectivity index (χ2v) is 7.62. The van der Waals surface area contributed by atoms with Crippen LogP contribution in [0.3, 0.4) is 0 Å². The average molecular weight is 267 g/mol. The molecule has 1 heterocycles. The Morgan fingerprint density at radius 2 is 1.89 bits per heavy atom. The van der Waals surface area contributed by atoms with E-state index in [1.807, 2.05) is 0 Å². The molecule has 2 unspecified atom stereocenters. The van der Waals surface area contributed by atoms with Gasteiger partial charge in [-0.3, -0.25) is 9.80 Å². The Bertz CT molecular complexity index is 302. The maximum Gasteiger partial charge on any atom is 0.0333 e. The third kappa shape index (κ3) is 3.14. The Morgan fingerprint density at radius 3 is 2.53 bits per heavy atom. The maximum absolute atomic E-state index is 6.25. The van der Waals surface area contributed by atoms with E-state index in [1.54, 1.807) is 0 Å². The molecule has 2 fully saturated rings. The highest BCUT2D eigenvalue weighted by atomic mass is 15.3. The molecule has 3 heteroatoms. The summed E-state index contributed by atoms with van der Waals surface area (Å²) >= 11 is 0. The molecular formula is C16H33N3. The zero-order chi connectivity index (χ0) is 14.1. The van der Waals surface area contributed by atoms with Gasteiger partial charge < -0.3 is 5.73 Å². The van der Waals surface area contributed by atoms with Crippen LogP contribution in [0.15, 0.2) is 0 Å². The quantitative estimate of drug-likeness (QED) is 0.779. The molecule has 0 bridgehead atoms. The van der Waals surface area contributed by atoms with E-state index in [0.717, 1.165) is 19.0 Å². The first kappa shape index (κ1) is 15.3. The van der Waals surface area contributed by atoms with Gasteiger partial charge in [0.05, 0.1) is 0 Å². The van der Waals surface area contributed by atoms with E-state index in [4.69, 9.17) is 5.73 Å². The van der Waals surface area contributed by atoms with Crippen LogP contribution in [-0.2, 0) is 0 Å². The van der Waals surface area contributed by atoms with Gasteiger partial charge in [0.1, 0.15) is 0 Å². The molecule has 1 saturated carbocycles. The molecule has 2 atom stereocenters. The lowest BCUT2D eigenvalue weighted by atomic mass is 9.84. The van der Waals surface area contributed by atoms with E-state index in [-0.39, 0.29) is 11.1 Å². The Labute approximate surface area is 119 Å². The molecule has 1 aliphatic carbocycles. The highest BCUT2D eigenvalue weighted by Gasteiger charge is 2.42. The van der Waals surface area contributed by atoms with Crippen molar-refractivity contribution in [3.05, 3.63) is 0 Å². The largest absolute Gasteiger partial charge is 0.329 e. The molecule has 1 aliphatic heterocycles. The summed E-state index contributed by atoms with van der Waals surface area (Å²) in [5.41, 5.74) is 6.81. The van der Waals surface area contributed by atoms with E-state index in [9.17, 15) is 0 Å². The zero-order valence-corrected chi connectivity index (χ0v) is 13.4. The Morgan fingerprint density at radius 1 is 1.16 bits per heavy atom. The molecule has 0 aromatic heterocycles. The Balaban J connectivity index is 2.12. The van der Waals surface area contributed by atoms with E-state index < -0.39 is 0 Å². The predicted molar refractivity (Wildman–Crippen MR) is 82.3 cm³/mol. The average Bonchev–Trinajstić information content (AvgIpc) is 2.55. The molecule has 1 saturated heterocycles. The van der Waals surface area contributed by atoms with Gasteiger partial charge in [-0.1, -0.05) is 19.8 Å². The standard InChI is InChI=1S/C16H33N3/c1-14-6-5-8-16(12-17,9-7-14)19-11-10-18(4)15(2,3)13-19/h14H,5-13,17H2,1-4H3. The minimum absolute atomic E-state index is 0.276. The summed E-state index contributed by atoms with van der Waals surface area (Å²) < 4.78 is 0. The van der Waals surface area contributed by atoms with Gasteiger partial charge in [-0.15, -0.1) is 0 Å². The van der Waals surface area contributed by atoms with Gasteiger partial charge >= 0.3 is 0 Å². The first-order valence-corrected chi connectivity index (χ1v) is 8.06. The van der Waals surface area contributed by atoms with Gasteiger partial charge in [0.25, 0.3) is 0 Å². The van der Waals surface area contributed by atoms with E-state index in [0.29, 0.717) is 0 Å². The van der Waals surface area contributed by atoms with Gasteiger partial charge in [0, 0.05) is 37.3 Å². The summed E-state index contributed by atoms with van der Waals surface area (Å²) in [5.74, 6) is 0.883. The second kappa shape index (κ2) is 5.71. The molecule has 0 spiro atoms. The smallest absolute Gasteiger partial charge is 0.0333 e. The minimum atomic E-state index is 0.276. The Kier molecular flexibility index (Phi) is 4.59. The highest BCUT2D eigenvalue weighted by molar-refractivity contribution is 5.00. The molecule has 0 amide bonds. The molecule has 112 valence electrons. The van der Waals surface area contributed by atoms with Crippen molar-refractivity contribution in [1.82, 2.24) is 9.80 Å². The molecule has 19 heavy (non-hydrogen) atoms. The fourth-order valence-electron chi connectivity index (χ4n) is 3.86. The van der Waals surface area contributed by atoms with Crippen LogP contribution in [-0.4, -0.2) is 54.1 Å². The number of hydrogen-bond donors (Lipinski definition) is 1. The van der Waals surface area contributed by atoms with E-state index >= 15 is 0 Å². The van der Waals surface area contributed by atoms with Crippen LogP contribution in [0.1, 0.15) is 52.9 Å². The number of hydrogen-bond acceptors (Lipinski definition) is 3. The number of rotatable bonds is 2. The lowest BCUT2D eigenvalue weighted by molar-refractivity contribution is -0.0284. The molecule has 0 aromatic carbocycles. The van der Waals surface area contributed by atoms with Crippen molar-refractivity contribution >= 4 is 0 Å². The maximum atomic E-state index is 6.25. The zero-order valence-electron chi connectivity index (χ0n) is 13.4. The van der Waals surface area contributed by atoms with E-state index in [2.05, 4.69) is 37.6 Å². The van der Waals surface area contributed by atoms with Crippen molar-refractivity contribution in [3.8, 4) is 0 Å². The summed E-state index contributed by atoms with van der Waals surface area (Å²) in [6.45, 7) is 11.5. The van der Waals surface area contributed by atoms with Crippen molar-refractivity contribution in [2.45, 2.75) is 64.0 Å². The lowest BCUT2D eigenvalue weighted by Crippen LogP contribution is -2.65. The fourth-order valence-corrected chi connectivity index (χ4v) is 3.86. The summed E-state index contributed by atoms with van der Waals surface area (Å²) in [4.78, 5) is 5.22. The predicted octanol–water partition coefficient (Wildman–Crippen LogP) is 2.31. The highest BCUT2D eigenvalue weighted by Crippen LogP contribution is 2.36. The molecule has 2 N–H and O–H groups in total. The van der Waals surface area contributed by atoms with Crippen molar-refractivity contribution in [1.29, 1.82) is 0 Å². The monoisotopic (exact) mass is 267 g/mol. The SMILES string of the molecule is CC1CCCC(CN)(N2CCN(C)C(C)(C)C2)CC1. The van der Waals surface area contributed by atoms with Gasteiger partial charge in [0.15, 0.2) is 0 Å². The molecular weight excluding hydrogens is 234 g/mol. The molecule has 2 rings (SSSR count). The third-order valence-corrected chi connectivity index (χ3v) is 5.81. The lowest BCUT2D eigenvalue weighted by Gasteiger charge is -2.53. The Hall–Kier alpha value is -0.120. The van der Waals surface area contributed by atoms with Crippen LogP contribution in [0.4, 0.5) is 0 Å². The van der Waals surface area contributed by atoms with Gasteiger partial charge in [-0.05, 0) is 46.1 Å². The van der Waals surface area contributed by atoms with Crippen LogP contribution in [0.5, 0.6) is 0 Å². The van der Waals surface area contributed by atoms with Crippen LogP contribution < -0.4 is 5.73 Å². The van der Waals surface area contributed by atoms with Crippen LogP contribution in [0, 0.1) is 5.92 Å². The topological polar surface area (TPSA) is 32.5 Å². The van der Waals surface area contributed by atoms with Gasteiger partial charge in [-0.2, -0.15) is 0 Å².